The number of carbonyl (C=O) groups excluding carboxylic acids is 2. The average Bonchev–Trinajstić information content (AvgIpc) is 3.27. The summed E-state index contributed by atoms with van der Waals surface area (Å²) in [5, 5.41) is 9.66. The molecule has 1 N–H and O–H groups in total. The molecule has 0 aromatic rings. The number of aliphatic carboxylic acids is 1. The van der Waals surface area contributed by atoms with Gasteiger partial charge in [0.1, 0.15) is 6.61 Å². The average molecular weight is 911 g/mol. The lowest BCUT2D eigenvalue weighted by Crippen LogP contribution is -2.50. The van der Waals surface area contributed by atoms with Crippen LogP contribution < -0.4 is 0 Å². The maximum Gasteiger partial charge on any atom is 0.362 e. The van der Waals surface area contributed by atoms with Crippen molar-refractivity contribution in [2.75, 3.05) is 41.0 Å². The third-order valence-electron chi connectivity index (χ3n) is 11.6. The number of nitrogens with zero attached hydrogens (tertiary/aromatic N) is 1. The summed E-state index contributed by atoms with van der Waals surface area (Å²) in [6.07, 6.45) is 60.9. The normalized spacial score (nSPS) is 13.4. The van der Waals surface area contributed by atoms with Crippen LogP contribution >= 0.6 is 0 Å². The van der Waals surface area contributed by atoms with Crippen molar-refractivity contribution < 1.29 is 38.2 Å². The number of likely N-dealkylation sites (N-methyl/N-ethyl adjacent to an activating group) is 1. The van der Waals surface area contributed by atoms with E-state index in [-0.39, 0.29) is 36.2 Å². The molecule has 0 rings (SSSR count). The Hall–Kier alpha value is -3.23. The number of hydrogen-bond acceptors (Lipinski definition) is 6. The van der Waals surface area contributed by atoms with E-state index in [1.54, 1.807) is 0 Å². The molecule has 0 fully saturated rings. The van der Waals surface area contributed by atoms with Crippen LogP contribution in [0.5, 0.6) is 0 Å². The Bertz CT molecular complexity index is 1290. The molecule has 8 nitrogen and oxygen atoms in total. The van der Waals surface area contributed by atoms with Crippen LogP contribution in [0.15, 0.2) is 72.9 Å². The number of esters is 2. The number of allylic oxidation sites excluding steroid dienone is 12. The van der Waals surface area contributed by atoms with Gasteiger partial charge in [0.15, 0.2) is 12.1 Å². The summed E-state index contributed by atoms with van der Waals surface area (Å²) in [4.78, 5) is 37.2. The Kier molecular flexibility index (Phi) is 44.9. The standard InChI is InChI=1S/C57H99NO7/c1-6-8-10-12-14-16-18-20-22-24-26-28-30-31-33-35-37-39-41-43-45-47-55(59)64-52-53(51-63-50-49-54(57(61)62)58(3,4)5)65-56(60)48-46-44-42-40-38-36-34-32-29-27-25-23-21-19-17-15-13-11-9-7-2/h14,16-17,19-23,26,28,31,33,53-54H,6-13,15,18,24-25,27,29-30,32,34-52H2,1-5H3/p+1/b16-14+,19-17+,22-20+,23-21+,28-26+,33-31+. The molecular weight excluding hydrogens is 811 g/mol. The molecule has 0 aliphatic carbocycles. The Morgan fingerprint density at radius 2 is 0.862 bits per heavy atom. The zero-order valence-electron chi connectivity index (χ0n) is 42.7. The molecule has 374 valence electrons. The van der Waals surface area contributed by atoms with E-state index in [4.69, 9.17) is 14.2 Å². The maximum absolute atomic E-state index is 12.8. The Morgan fingerprint density at radius 1 is 0.477 bits per heavy atom. The van der Waals surface area contributed by atoms with Crippen molar-refractivity contribution >= 4 is 17.9 Å². The molecule has 2 unspecified atom stereocenters. The number of hydrogen-bond donors (Lipinski definition) is 1. The Balaban J connectivity index is 4.29. The van der Waals surface area contributed by atoms with Gasteiger partial charge < -0.3 is 23.8 Å². The van der Waals surface area contributed by atoms with Gasteiger partial charge in [-0.05, 0) is 83.5 Å². The first-order valence-electron chi connectivity index (χ1n) is 26.5. The fraction of sp³-hybridized carbons (Fsp3) is 0.737. The first-order chi connectivity index (χ1) is 31.6. The van der Waals surface area contributed by atoms with Crippen molar-refractivity contribution in [1.82, 2.24) is 0 Å². The van der Waals surface area contributed by atoms with Gasteiger partial charge in [-0.1, -0.05) is 189 Å². The monoisotopic (exact) mass is 911 g/mol. The highest BCUT2D eigenvalue weighted by Crippen LogP contribution is 2.15. The molecule has 65 heavy (non-hydrogen) atoms. The SMILES string of the molecule is CCCCC/C=C/C/C=C/C/C=C/C/C=C/CCCCCCCC(=O)OCC(COCCC(C(=O)O)[N+](C)(C)C)OC(=O)CCCCCCCCCCCC/C=C/C=C/CCCCCC. The molecule has 8 heteroatoms. The minimum absolute atomic E-state index is 0.0508. The van der Waals surface area contributed by atoms with Crippen molar-refractivity contribution in [2.45, 2.75) is 231 Å². The third kappa shape index (κ3) is 45.7. The van der Waals surface area contributed by atoms with E-state index in [1.165, 1.54) is 109 Å². The first-order valence-corrected chi connectivity index (χ1v) is 26.5. The highest BCUT2D eigenvalue weighted by atomic mass is 16.6. The predicted molar refractivity (Wildman–Crippen MR) is 275 cm³/mol. The summed E-state index contributed by atoms with van der Waals surface area (Å²) < 4.78 is 17.4. The third-order valence-corrected chi connectivity index (χ3v) is 11.6. The lowest BCUT2D eigenvalue weighted by molar-refractivity contribution is -0.887. The molecule has 0 amide bonds. The number of carboxylic acids is 1. The van der Waals surface area contributed by atoms with Crippen LogP contribution in [0.1, 0.15) is 219 Å². The van der Waals surface area contributed by atoms with Gasteiger partial charge in [-0.25, -0.2) is 4.79 Å². The molecule has 0 aliphatic heterocycles. The lowest BCUT2D eigenvalue weighted by Gasteiger charge is -2.31. The van der Waals surface area contributed by atoms with Crippen LogP contribution in [0, 0.1) is 0 Å². The van der Waals surface area contributed by atoms with Crippen molar-refractivity contribution in [3.63, 3.8) is 0 Å². The van der Waals surface area contributed by atoms with Gasteiger partial charge in [-0.2, -0.15) is 0 Å². The highest BCUT2D eigenvalue weighted by Gasteiger charge is 2.31. The molecule has 0 radical (unpaired) electrons. The number of ether oxygens (including phenoxy) is 3. The van der Waals surface area contributed by atoms with Crippen LogP contribution in [-0.4, -0.2) is 80.6 Å². The van der Waals surface area contributed by atoms with Crippen molar-refractivity contribution in [1.29, 1.82) is 0 Å². The van der Waals surface area contributed by atoms with E-state index in [1.807, 2.05) is 21.1 Å². The molecule has 0 spiro atoms. The number of carboxylic acid groups (broad SMARTS) is 1. The molecule has 0 bridgehead atoms. The van der Waals surface area contributed by atoms with Crippen LogP contribution in [0.2, 0.25) is 0 Å². The smallest absolute Gasteiger partial charge is 0.362 e. The zero-order valence-corrected chi connectivity index (χ0v) is 42.7. The quantitative estimate of drug-likeness (QED) is 0.0213. The Labute approximate surface area is 400 Å². The first kappa shape index (κ1) is 61.8. The van der Waals surface area contributed by atoms with Gasteiger partial charge in [0.05, 0.1) is 34.4 Å². The van der Waals surface area contributed by atoms with Crippen LogP contribution in [0.3, 0.4) is 0 Å². The molecule has 0 saturated heterocycles. The molecule has 0 heterocycles. The zero-order chi connectivity index (χ0) is 47.7. The second-order valence-electron chi connectivity index (χ2n) is 18.8. The van der Waals surface area contributed by atoms with E-state index >= 15 is 0 Å². The van der Waals surface area contributed by atoms with E-state index in [0.29, 0.717) is 19.3 Å². The molecule has 0 aromatic carbocycles. The molecular formula is C57H100NO7+. The van der Waals surface area contributed by atoms with Crippen LogP contribution in [0.4, 0.5) is 0 Å². The summed E-state index contributed by atoms with van der Waals surface area (Å²) in [6, 6.07) is -0.622. The Morgan fingerprint density at radius 3 is 1.32 bits per heavy atom. The van der Waals surface area contributed by atoms with Crippen molar-refractivity contribution in [2.24, 2.45) is 0 Å². The summed E-state index contributed by atoms with van der Waals surface area (Å²) in [5.74, 6) is -1.49. The largest absolute Gasteiger partial charge is 0.477 e. The number of rotatable bonds is 47. The maximum atomic E-state index is 12.8. The van der Waals surface area contributed by atoms with E-state index in [2.05, 4.69) is 86.8 Å². The van der Waals surface area contributed by atoms with Crippen molar-refractivity contribution in [3.05, 3.63) is 72.9 Å². The lowest BCUT2D eigenvalue weighted by atomic mass is 10.1. The van der Waals surface area contributed by atoms with Gasteiger partial charge in [0, 0.05) is 19.3 Å². The van der Waals surface area contributed by atoms with Gasteiger partial charge >= 0.3 is 17.9 Å². The molecule has 0 aromatic heterocycles. The molecule has 0 aliphatic rings. The summed E-state index contributed by atoms with van der Waals surface area (Å²) in [5.41, 5.74) is 0. The van der Waals surface area contributed by atoms with E-state index in [9.17, 15) is 19.5 Å². The topological polar surface area (TPSA) is 99.1 Å². The number of quaternary nitrogens is 1. The fourth-order valence-corrected chi connectivity index (χ4v) is 7.48. The van der Waals surface area contributed by atoms with Gasteiger partial charge in [-0.15, -0.1) is 0 Å². The minimum Gasteiger partial charge on any atom is -0.477 e. The van der Waals surface area contributed by atoms with Gasteiger partial charge in [0.25, 0.3) is 0 Å². The number of unbranched alkanes of at least 4 members (excludes halogenated alkanes) is 22. The van der Waals surface area contributed by atoms with E-state index < -0.39 is 18.1 Å². The second kappa shape index (κ2) is 47.3. The van der Waals surface area contributed by atoms with Crippen LogP contribution in [0.25, 0.3) is 0 Å². The summed E-state index contributed by atoms with van der Waals surface area (Å²) >= 11 is 0. The van der Waals surface area contributed by atoms with Gasteiger partial charge in [0.2, 0.25) is 0 Å². The highest BCUT2D eigenvalue weighted by molar-refractivity contribution is 5.72. The van der Waals surface area contributed by atoms with Crippen LogP contribution in [-0.2, 0) is 28.6 Å². The second-order valence-corrected chi connectivity index (χ2v) is 18.8. The fourth-order valence-electron chi connectivity index (χ4n) is 7.48. The number of carbonyl (C=O) groups is 3. The van der Waals surface area contributed by atoms with Gasteiger partial charge in [-0.3, -0.25) is 9.59 Å². The molecule has 2 atom stereocenters. The predicted octanol–water partition coefficient (Wildman–Crippen LogP) is 15.5. The van der Waals surface area contributed by atoms with Crippen molar-refractivity contribution in [3.8, 4) is 0 Å². The van der Waals surface area contributed by atoms with E-state index in [0.717, 1.165) is 77.0 Å². The summed E-state index contributed by atoms with van der Waals surface area (Å²) in [7, 11) is 5.53. The summed E-state index contributed by atoms with van der Waals surface area (Å²) in [6.45, 7) is 4.68. The molecule has 0 saturated carbocycles. The minimum atomic E-state index is -0.879.